The predicted octanol–water partition coefficient (Wildman–Crippen LogP) is 2.75. The molecule has 1 aliphatic heterocycles. The van der Waals surface area contributed by atoms with Crippen LogP contribution >= 0.6 is 11.6 Å². The van der Waals surface area contributed by atoms with Crippen molar-refractivity contribution in [1.82, 2.24) is 5.32 Å². The first-order valence-corrected chi connectivity index (χ1v) is 6.82. The molecule has 4 heteroatoms. The molecule has 0 bridgehead atoms. The lowest BCUT2D eigenvalue weighted by Crippen LogP contribution is -2.38. The van der Waals surface area contributed by atoms with Gasteiger partial charge in [0.25, 0.3) is 0 Å². The molecule has 1 unspecified atom stereocenters. The molecule has 0 aromatic heterocycles. The molecule has 98 valence electrons. The number of halogens is 1. The van der Waals surface area contributed by atoms with E-state index in [2.05, 4.69) is 12.2 Å². The quantitative estimate of drug-likeness (QED) is 0.909. The summed E-state index contributed by atoms with van der Waals surface area (Å²) in [4.78, 5) is 14.1. The Morgan fingerprint density at radius 2 is 2.28 bits per heavy atom. The molecule has 0 aliphatic carbocycles. The summed E-state index contributed by atoms with van der Waals surface area (Å²) in [6.07, 6.45) is 1.91. The smallest absolute Gasteiger partial charge is 0.244 e. The van der Waals surface area contributed by atoms with Gasteiger partial charge in [-0.1, -0.05) is 24.6 Å². The Hall–Kier alpha value is -1.06. The highest BCUT2D eigenvalue weighted by molar-refractivity contribution is 6.31. The van der Waals surface area contributed by atoms with E-state index in [-0.39, 0.29) is 11.9 Å². The van der Waals surface area contributed by atoms with Gasteiger partial charge in [-0.05, 0) is 44.0 Å². The predicted molar refractivity (Wildman–Crippen MR) is 75.2 cm³/mol. The average molecular weight is 267 g/mol. The maximum atomic E-state index is 12.3. The Kier molecular flexibility index (Phi) is 4.25. The summed E-state index contributed by atoms with van der Waals surface area (Å²) in [7, 11) is 0. The van der Waals surface area contributed by atoms with Crippen LogP contribution in [-0.4, -0.2) is 25.0 Å². The van der Waals surface area contributed by atoms with E-state index < -0.39 is 0 Å². The first-order valence-electron chi connectivity index (χ1n) is 6.44. The number of rotatable bonds is 4. The molecule has 1 N–H and O–H groups in total. The molecule has 0 radical (unpaired) electrons. The Balaban J connectivity index is 2.15. The first-order chi connectivity index (χ1) is 8.63. The van der Waals surface area contributed by atoms with Crippen LogP contribution in [0.4, 0.5) is 5.69 Å². The van der Waals surface area contributed by atoms with Gasteiger partial charge in [0.15, 0.2) is 0 Å². The summed E-state index contributed by atoms with van der Waals surface area (Å²) in [5, 5.41) is 3.97. The van der Waals surface area contributed by atoms with Crippen LogP contribution in [-0.2, 0) is 4.79 Å². The zero-order valence-electron chi connectivity index (χ0n) is 10.9. The number of benzene rings is 1. The van der Waals surface area contributed by atoms with Gasteiger partial charge in [0, 0.05) is 17.3 Å². The van der Waals surface area contributed by atoms with E-state index in [0.29, 0.717) is 5.02 Å². The lowest BCUT2D eigenvalue weighted by molar-refractivity contribution is -0.118. The SMILES string of the molecule is CCCNC1CCN(c2cc(Cl)ccc2C)C1=O. The van der Waals surface area contributed by atoms with Crippen LogP contribution in [0.1, 0.15) is 25.3 Å². The van der Waals surface area contributed by atoms with E-state index in [9.17, 15) is 4.79 Å². The number of hydrogen-bond donors (Lipinski definition) is 1. The summed E-state index contributed by atoms with van der Waals surface area (Å²) in [6, 6.07) is 5.64. The molecular weight excluding hydrogens is 248 g/mol. The largest absolute Gasteiger partial charge is 0.311 e. The summed E-state index contributed by atoms with van der Waals surface area (Å²) in [5.74, 6) is 0.161. The van der Waals surface area contributed by atoms with E-state index in [4.69, 9.17) is 11.6 Å². The van der Waals surface area contributed by atoms with Crippen molar-refractivity contribution in [3.63, 3.8) is 0 Å². The van der Waals surface area contributed by atoms with Gasteiger partial charge in [-0.25, -0.2) is 0 Å². The molecule has 0 saturated carbocycles. The van der Waals surface area contributed by atoms with Crippen LogP contribution < -0.4 is 10.2 Å². The van der Waals surface area contributed by atoms with Crippen LogP contribution in [0.3, 0.4) is 0 Å². The van der Waals surface area contributed by atoms with Gasteiger partial charge < -0.3 is 10.2 Å². The Labute approximate surface area is 113 Å². The third kappa shape index (κ3) is 2.68. The van der Waals surface area contributed by atoms with E-state index in [1.54, 1.807) is 0 Å². The molecular formula is C14H19ClN2O. The Morgan fingerprint density at radius 3 is 3.00 bits per heavy atom. The molecule has 3 nitrogen and oxygen atoms in total. The zero-order chi connectivity index (χ0) is 13.1. The average Bonchev–Trinajstić information content (AvgIpc) is 2.71. The minimum absolute atomic E-state index is 0.0386. The first kappa shape index (κ1) is 13.4. The second-order valence-electron chi connectivity index (χ2n) is 4.72. The van der Waals surface area contributed by atoms with Crippen LogP contribution in [0, 0.1) is 6.92 Å². The molecule has 1 aromatic rings. The topological polar surface area (TPSA) is 32.3 Å². The lowest BCUT2D eigenvalue weighted by atomic mass is 10.2. The number of aryl methyl sites for hydroxylation is 1. The molecule has 1 amide bonds. The molecule has 1 heterocycles. The Bertz CT molecular complexity index is 447. The maximum absolute atomic E-state index is 12.3. The van der Waals surface area contributed by atoms with Crippen molar-refractivity contribution in [2.24, 2.45) is 0 Å². The lowest BCUT2D eigenvalue weighted by Gasteiger charge is -2.19. The van der Waals surface area contributed by atoms with Crippen LogP contribution in [0.15, 0.2) is 18.2 Å². The number of anilines is 1. The van der Waals surface area contributed by atoms with Crippen LogP contribution in [0.2, 0.25) is 5.02 Å². The third-order valence-corrected chi connectivity index (χ3v) is 3.54. The van der Waals surface area contributed by atoms with Gasteiger partial charge in [0.1, 0.15) is 0 Å². The fourth-order valence-corrected chi connectivity index (χ4v) is 2.47. The van der Waals surface area contributed by atoms with Crippen LogP contribution in [0.5, 0.6) is 0 Å². The molecule has 1 saturated heterocycles. The van der Waals surface area contributed by atoms with E-state index in [1.165, 1.54) is 0 Å². The molecule has 1 fully saturated rings. The number of nitrogens with one attached hydrogen (secondary N) is 1. The van der Waals surface area contributed by atoms with Gasteiger partial charge in [0.05, 0.1) is 6.04 Å². The van der Waals surface area contributed by atoms with Crippen molar-refractivity contribution in [2.75, 3.05) is 18.0 Å². The second-order valence-corrected chi connectivity index (χ2v) is 5.15. The summed E-state index contributed by atoms with van der Waals surface area (Å²) in [5.41, 5.74) is 2.03. The standard InChI is InChI=1S/C14H19ClN2O/c1-3-7-16-12-6-8-17(14(12)18)13-9-11(15)5-4-10(13)2/h4-5,9,12,16H,3,6-8H2,1-2H3. The van der Waals surface area contributed by atoms with E-state index in [1.807, 2.05) is 30.0 Å². The molecule has 1 aromatic carbocycles. The van der Waals surface area contributed by atoms with Crippen LogP contribution in [0.25, 0.3) is 0 Å². The highest BCUT2D eigenvalue weighted by atomic mass is 35.5. The molecule has 2 rings (SSSR count). The van der Waals surface area contributed by atoms with Crippen molar-refractivity contribution < 1.29 is 4.79 Å². The van der Waals surface area contributed by atoms with E-state index in [0.717, 1.165) is 37.2 Å². The zero-order valence-corrected chi connectivity index (χ0v) is 11.6. The minimum atomic E-state index is -0.0386. The normalized spacial score (nSPS) is 19.6. The monoisotopic (exact) mass is 266 g/mol. The fraction of sp³-hybridized carbons (Fsp3) is 0.500. The molecule has 18 heavy (non-hydrogen) atoms. The van der Waals surface area contributed by atoms with Gasteiger partial charge in [0.2, 0.25) is 5.91 Å². The van der Waals surface area contributed by atoms with Gasteiger partial charge >= 0.3 is 0 Å². The van der Waals surface area contributed by atoms with Gasteiger partial charge in [-0.15, -0.1) is 0 Å². The molecule has 0 spiro atoms. The minimum Gasteiger partial charge on any atom is -0.311 e. The van der Waals surface area contributed by atoms with Gasteiger partial charge in [-0.3, -0.25) is 4.79 Å². The summed E-state index contributed by atoms with van der Waals surface area (Å²) >= 11 is 6.01. The summed E-state index contributed by atoms with van der Waals surface area (Å²) in [6.45, 7) is 5.76. The molecule has 1 aliphatic rings. The van der Waals surface area contributed by atoms with Crippen molar-refractivity contribution in [2.45, 2.75) is 32.7 Å². The number of carbonyl (C=O) groups is 1. The highest BCUT2D eigenvalue weighted by Crippen LogP contribution is 2.28. The second kappa shape index (κ2) is 5.72. The number of nitrogens with zero attached hydrogens (tertiary/aromatic N) is 1. The third-order valence-electron chi connectivity index (χ3n) is 3.31. The number of hydrogen-bond acceptors (Lipinski definition) is 2. The van der Waals surface area contributed by atoms with Crippen molar-refractivity contribution in [1.29, 1.82) is 0 Å². The number of carbonyl (C=O) groups excluding carboxylic acids is 1. The number of amides is 1. The molecule has 1 atom stereocenters. The van der Waals surface area contributed by atoms with Gasteiger partial charge in [-0.2, -0.15) is 0 Å². The Morgan fingerprint density at radius 1 is 1.50 bits per heavy atom. The highest BCUT2D eigenvalue weighted by Gasteiger charge is 2.32. The van der Waals surface area contributed by atoms with E-state index >= 15 is 0 Å². The summed E-state index contributed by atoms with van der Waals surface area (Å²) < 4.78 is 0. The van der Waals surface area contributed by atoms with Crippen molar-refractivity contribution >= 4 is 23.2 Å². The fourth-order valence-electron chi connectivity index (χ4n) is 2.30. The maximum Gasteiger partial charge on any atom is 0.244 e. The van der Waals surface area contributed by atoms with Crippen molar-refractivity contribution in [3.05, 3.63) is 28.8 Å². The van der Waals surface area contributed by atoms with Crippen molar-refractivity contribution in [3.8, 4) is 0 Å².